The van der Waals surface area contributed by atoms with Gasteiger partial charge in [-0.15, -0.1) is 0 Å². The molecule has 1 unspecified atom stereocenters. The smallest absolute Gasteiger partial charge is 0.255 e. The fourth-order valence-corrected chi connectivity index (χ4v) is 4.17. The molecule has 0 radical (unpaired) electrons. The van der Waals surface area contributed by atoms with Crippen molar-refractivity contribution in [3.63, 3.8) is 0 Å². The van der Waals surface area contributed by atoms with Gasteiger partial charge in [-0.1, -0.05) is 0 Å². The molecule has 1 N–H and O–H groups in total. The molecule has 1 aromatic rings. The van der Waals surface area contributed by atoms with Crippen molar-refractivity contribution in [3.8, 4) is 5.75 Å². The van der Waals surface area contributed by atoms with Gasteiger partial charge in [-0.05, 0) is 67.8 Å². The Morgan fingerprint density at radius 1 is 1.23 bits per heavy atom. The molecule has 1 aliphatic rings. The van der Waals surface area contributed by atoms with Crippen molar-refractivity contribution >= 4 is 24.4 Å². The fourth-order valence-electron chi connectivity index (χ4n) is 4.17. The number of carbonyl (C=O) groups excluding carboxylic acids is 4. The zero-order valence-corrected chi connectivity index (χ0v) is 20.5. The Labute approximate surface area is 205 Å². The van der Waals surface area contributed by atoms with E-state index in [9.17, 15) is 23.7 Å². The average Bonchev–Trinajstić information content (AvgIpc) is 2.90. The highest BCUT2D eigenvalue weighted by molar-refractivity contribution is 6.03. The number of unbranched alkanes of at least 4 members (excludes halogenated alkanes) is 2. The molecule has 2 rings (SSSR count). The van der Waals surface area contributed by atoms with E-state index in [4.69, 9.17) is 4.74 Å². The number of amides is 2. The third-order valence-electron chi connectivity index (χ3n) is 6.32. The topological polar surface area (TPSA) is 105 Å². The van der Waals surface area contributed by atoms with Crippen LogP contribution in [-0.2, 0) is 14.5 Å². The molecule has 1 saturated heterocycles. The maximum Gasteiger partial charge on any atom is 0.255 e. The first-order chi connectivity index (χ1) is 16.9. The van der Waals surface area contributed by atoms with Gasteiger partial charge < -0.3 is 24.6 Å². The van der Waals surface area contributed by atoms with Crippen molar-refractivity contribution < 1.29 is 33.4 Å². The van der Waals surface area contributed by atoms with Crippen LogP contribution >= 0.6 is 0 Å². The largest absolute Gasteiger partial charge is 0.494 e. The SMILES string of the molecule is CNC(=O)C(CCC=O)N(C)C(=O)c1ccc(OCCCCCN2CCC(OF)CC2)cc1C=O. The molecule has 1 heterocycles. The van der Waals surface area contributed by atoms with Crippen LogP contribution in [0.1, 0.15) is 65.7 Å². The van der Waals surface area contributed by atoms with Crippen LogP contribution in [0.15, 0.2) is 18.2 Å². The number of aldehydes is 2. The van der Waals surface area contributed by atoms with E-state index in [1.807, 2.05) is 0 Å². The summed E-state index contributed by atoms with van der Waals surface area (Å²) in [5, 5.41) is 2.50. The first kappa shape index (κ1) is 28.4. The van der Waals surface area contributed by atoms with Gasteiger partial charge in [-0.3, -0.25) is 14.4 Å². The van der Waals surface area contributed by atoms with Gasteiger partial charge in [-0.2, -0.15) is 4.94 Å². The highest BCUT2D eigenvalue weighted by atomic mass is 19.3. The van der Waals surface area contributed by atoms with E-state index in [1.54, 1.807) is 6.07 Å². The molecule has 1 aliphatic heterocycles. The molecule has 0 aliphatic carbocycles. The lowest BCUT2D eigenvalue weighted by molar-refractivity contribution is -0.190. The summed E-state index contributed by atoms with van der Waals surface area (Å²) in [6, 6.07) is 3.84. The molecule has 194 valence electrons. The van der Waals surface area contributed by atoms with Crippen LogP contribution in [0.3, 0.4) is 0 Å². The van der Waals surface area contributed by atoms with Gasteiger partial charge >= 0.3 is 0 Å². The molecule has 1 aromatic carbocycles. The Morgan fingerprint density at radius 2 is 1.97 bits per heavy atom. The molecule has 1 atom stereocenters. The summed E-state index contributed by atoms with van der Waals surface area (Å²) in [6.07, 6.45) is 5.62. The van der Waals surface area contributed by atoms with E-state index in [-0.39, 0.29) is 36.0 Å². The second-order valence-electron chi connectivity index (χ2n) is 8.70. The molecular formula is C25H36FN3O6. The summed E-state index contributed by atoms with van der Waals surface area (Å²) < 4.78 is 18.0. The normalized spacial score (nSPS) is 15.3. The predicted octanol–water partition coefficient (Wildman–Crippen LogP) is 2.58. The summed E-state index contributed by atoms with van der Waals surface area (Å²) in [7, 11) is 2.94. The second-order valence-corrected chi connectivity index (χ2v) is 8.70. The number of hydrogen-bond donors (Lipinski definition) is 1. The first-order valence-corrected chi connectivity index (χ1v) is 12.1. The van der Waals surface area contributed by atoms with Gasteiger partial charge in [0.05, 0.1) is 12.2 Å². The monoisotopic (exact) mass is 493 g/mol. The Bertz CT molecular complexity index is 844. The Balaban J connectivity index is 1.84. The van der Waals surface area contributed by atoms with Gasteiger partial charge in [0.25, 0.3) is 5.91 Å². The Kier molecular flexibility index (Phi) is 12.3. The molecule has 10 heteroatoms. The summed E-state index contributed by atoms with van der Waals surface area (Å²) in [5.41, 5.74) is 0.336. The lowest BCUT2D eigenvalue weighted by Gasteiger charge is -2.29. The van der Waals surface area contributed by atoms with Crippen LogP contribution in [-0.4, -0.2) is 86.7 Å². The third-order valence-corrected chi connectivity index (χ3v) is 6.32. The number of piperidine rings is 1. The maximum absolute atomic E-state index is 13.0. The van der Waals surface area contributed by atoms with E-state index in [1.165, 1.54) is 31.1 Å². The van der Waals surface area contributed by atoms with Gasteiger partial charge in [0, 0.05) is 39.2 Å². The van der Waals surface area contributed by atoms with Crippen molar-refractivity contribution in [2.24, 2.45) is 0 Å². The van der Waals surface area contributed by atoms with Crippen LogP contribution in [0.25, 0.3) is 0 Å². The van der Waals surface area contributed by atoms with Gasteiger partial charge in [0.1, 0.15) is 24.2 Å². The maximum atomic E-state index is 13.0. The predicted molar refractivity (Wildman–Crippen MR) is 128 cm³/mol. The molecular weight excluding hydrogens is 457 g/mol. The van der Waals surface area contributed by atoms with Crippen molar-refractivity contribution in [2.75, 3.05) is 40.3 Å². The number of nitrogens with one attached hydrogen (secondary N) is 1. The Hall–Kier alpha value is -2.85. The summed E-state index contributed by atoms with van der Waals surface area (Å²) in [5.74, 6) is -0.378. The van der Waals surface area contributed by atoms with Crippen LogP contribution in [0, 0.1) is 0 Å². The lowest BCUT2D eigenvalue weighted by Crippen LogP contribution is -2.47. The molecule has 0 aromatic heterocycles. The number of ether oxygens (including phenoxy) is 1. The molecule has 0 bridgehead atoms. The number of nitrogens with zero attached hydrogens (tertiary/aromatic N) is 2. The zero-order valence-electron chi connectivity index (χ0n) is 20.5. The molecule has 1 fully saturated rings. The lowest BCUT2D eigenvalue weighted by atomic mass is 10.0. The second kappa shape index (κ2) is 15.2. The number of hydrogen-bond acceptors (Lipinski definition) is 7. The minimum Gasteiger partial charge on any atom is -0.494 e. The number of carbonyl (C=O) groups is 4. The number of benzene rings is 1. The van der Waals surface area contributed by atoms with Crippen molar-refractivity contribution in [1.82, 2.24) is 15.1 Å². The third kappa shape index (κ3) is 8.70. The minimum atomic E-state index is -0.823. The quantitative estimate of drug-likeness (QED) is 0.296. The first-order valence-electron chi connectivity index (χ1n) is 12.1. The molecule has 2 amide bonds. The van der Waals surface area contributed by atoms with Crippen LogP contribution in [0.4, 0.5) is 4.53 Å². The van der Waals surface area contributed by atoms with Gasteiger partial charge in [0.2, 0.25) is 5.91 Å². The summed E-state index contributed by atoms with van der Waals surface area (Å²) >= 11 is 0. The van der Waals surface area contributed by atoms with Crippen LogP contribution in [0.5, 0.6) is 5.75 Å². The van der Waals surface area contributed by atoms with E-state index in [0.717, 1.165) is 51.7 Å². The van der Waals surface area contributed by atoms with E-state index >= 15 is 0 Å². The Morgan fingerprint density at radius 3 is 2.60 bits per heavy atom. The highest BCUT2D eigenvalue weighted by Crippen LogP contribution is 2.20. The zero-order chi connectivity index (χ0) is 25.6. The number of rotatable bonds is 15. The van der Waals surface area contributed by atoms with Crippen molar-refractivity contribution in [1.29, 1.82) is 0 Å². The molecule has 35 heavy (non-hydrogen) atoms. The highest BCUT2D eigenvalue weighted by Gasteiger charge is 2.28. The van der Waals surface area contributed by atoms with E-state index in [0.29, 0.717) is 24.9 Å². The van der Waals surface area contributed by atoms with E-state index < -0.39 is 11.9 Å². The number of likely N-dealkylation sites (N-methyl/N-ethyl adjacent to an activating group) is 2. The summed E-state index contributed by atoms with van der Waals surface area (Å²) in [6.45, 7) is 3.14. The summed E-state index contributed by atoms with van der Waals surface area (Å²) in [4.78, 5) is 55.0. The fraction of sp³-hybridized carbons (Fsp3) is 0.600. The van der Waals surface area contributed by atoms with Gasteiger partial charge in [0.15, 0.2) is 6.29 Å². The number of halogens is 1. The minimum absolute atomic E-state index is 0.135. The van der Waals surface area contributed by atoms with Crippen molar-refractivity contribution in [3.05, 3.63) is 29.3 Å². The van der Waals surface area contributed by atoms with Crippen LogP contribution in [0.2, 0.25) is 0 Å². The standard InChI is InChI=1S/C25H36FN3O6/c1-27-24(32)23(7-6-15-30)28(2)25(33)22-9-8-21(17-19(22)18-31)34-16-5-3-4-12-29-13-10-20(35-26)11-14-29/h8-9,15,17-18,20,23H,3-7,10-14,16H2,1-2H3,(H,27,32). The van der Waals surface area contributed by atoms with E-state index in [2.05, 4.69) is 15.2 Å². The van der Waals surface area contributed by atoms with Crippen molar-refractivity contribution in [2.45, 2.75) is 57.1 Å². The molecule has 0 spiro atoms. The van der Waals surface area contributed by atoms with Crippen LogP contribution < -0.4 is 10.1 Å². The average molecular weight is 494 g/mol. The number of likely N-dealkylation sites (tertiary alicyclic amines) is 1. The molecule has 9 nitrogen and oxygen atoms in total. The molecule has 0 saturated carbocycles. The van der Waals surface area contributed by atoms with Gasteiger partial charge in [-0.25, -0.2) is 0 Å².